The molecule has 2 heterocycles. The first-order valence-electron chi connectivity index (χ1n) is 7.25. The van der Waals surface area contributed by atoms with Gasteiger partial charge in [0, 0.05) is 38.1 Å². The van der Waals surface area contributed by atoms with E-state index in [9.17, 15) is 13.2 Å². The summed E-state index contributed by atoms with van der Waals surface area (Å²) < 4.78 is 23.2. The lowest BCUT2D eigenvalue weighted by atomic mass is 10.0. The van der Waals surface area contributed by atoms with E-state index >= 15 is 0 Å². The molecule has 0 aliphatic carbocycles. The molecule has 2 saturated heterocycles. The fourth-order valence-corrected chi connectivity index (χ4v) is 4.39. The van der Waals surface area contributed by atoms with Crippen molar-refractivity contribution in [3.05, 3.63) is 0 Å². The van der Waals surface area contributed by atoms with Gasteiger partial charge in [-0.3, -0.25) is 4.79 Å². The highest BCUT2D eigenvalue weighted by molar-refractivity contribution is 7.91. The summed E-state index contributed by atoms with van der Waals surface area (Å²) in [6.07, 6.45) is 2.43. The van der Waals surface area contributed by atoms with Crippen molar-refractivity contribution < 1.29 is 13.2 Å². The summed E-state index contributed by atoms with van der Waals surface area (Å²) in [7, 11) is 1.10. The number of sulfone groups is 1. The molecule has 0 saturated carbocycles. The number of nitrogens with one attached hydrogen (secondary N) is 1. The predicted molar refractivity (Wildman–Crippen MR) is 78.4 cm³/mol. The lowest BCUT2D eigenvalue weighted by molar-refractivity contribution is -0.133. The Bertz CT molecular complexity index is 450. The van der Waals surface area contributed by atoms with Crippen LogP contribution in [0.1, 0.15) is 19.3 Å². The molecule has 1 N–H and O–H groups in total. The smallest absolute Gasteiger partial charge is 0.224 e. The number of hydrogen-bond acceptors (Lipinski definition) is 5. The van der Waals surface area contributed by atoms with Crippen molar-refractivity contribution in [2.45, 2.75) is 31.3 Å². The molecule has 0 spiro atoms. The van der Waals surface area contributed by atoms with Gasteiger partial charge in [0.15, 0.2) is 9.84 Å². The Labute approximate surface area is 121 Å². The standard InChI is InChI=1S/C13H25N3O3S/c1-15(2)12-4-3-6-16(9-12)13(17)8-11-10-20(18,19)7-5-14-11/h11-12,14H,3-10H2,1-2H3. The lowest BCUT2D eigenvalue weighted by Gasteiger charge is -2.37. The predicted octanol–water partition coefficient (Wildman–Crippen LogP) is -0.684. The van der Waals surface area contributed by atoms with Crippen molar-refractivity contribution in [2.24, 2.45) is 0 Å². The fourth-order valence-electron chi connectivity index (χ4n) is 2.94. The molecule has 0 aromatic rings. The van der Waals surface area contributed by atoms with E-state index in [4.69, 9.17) is 0 Å². The van der Waals surface area contributed by atoms with Gasteiger partial charge in [-0.2, -0.15) is 0 Å². The zero-order chi connectivity index (χ0) is 14.8. The van der Waals surface area contributed by atoms with E-state index in [0.29, 0.717) is 19.0 Å². The van der Waals surface area contributed by atoms with Gasteiger partial charge in [0.25, 0.3) is 0 Å². The number of likely N-dealkylation sites (N-methyl/N-ethyl adjacent to an activating group) is 1. The van der Waals surface area contributed by atoms with E-state index in [0.717, 1.165) is 25.9 Å². The van der Waals surface area contributed by atoms with Crippen LogP contribution in [0.5, 0.6) is 0 Å². The molecule has 2 aliphatic rings. The largest absolute Gasteiger partial charge is 0.341 e. The second-order valence-electron chi connectivity index (χ2n) is 6.07. The monoisotopic (exact) mass is 303 g/mol. The molecule has 2 aliphatic heterocycles. The van der Waals surface area contributed by atoms with E-state index in [2.05, 4.69) is 10.2 Å². The molecule has 0 aromatic heterocycles. The first-order valence-corrected chi connectivity index (χ1v) is 9.07. The van der Waals surface area contributed by atoms with Gasteiger partial charge in [-0.1, -0.05) is 0 Å². The molecule has 2 rings (SSSR count). The van der Waals surface area contributed by atoms with Crippen molar-refractivity contribution in [3.8, 4) is 0 Å². The normalized spacial score (nSPS) is 30.4. The molecule has 2 fully saturated rings. The SMILES string of the molecule is CN(C)C1CCCN(C(=O)CC2CS(=O)(=O)CCN2)C1. The van der Waals surface area contributed by atoms with Gasteiger partial charge in [0.2, 0.25) is 5.91 Å². The molecule has 1 amide bonds. The molecular formula is C13H25N3O3S. The number of piperidine rings is 1. The van der Waals surface area contributed by atoms with Gasteiger partial charge in [-0.05, 0) is 26.9 Å². The summed E-state index contributed by atoms with van der Waals surface area (Å²) in [6, 6.07) is 0.191. The number of likely N-dealkylation sites (tertiary alicyclic amines) is 1. The highest BCUT2D eigenvalue weighted by Gasteiger charge is 2.30. The summed E-state index contributed by atoms with van der Waals surface area (Å²) in [5.74, 6) is 0.347. The minimum atomic E-state index is -2.97. The number of nitrogens with zero attached hydrogens (tertiary/aromatic N) is 2. The number of carbonyl (C=O) groups excluding carboxylic acids is 1. The van der Waals surface area contributed by atoms with Crippen molar-refractivity contribution >= 4 is 15.7 Å². The second kappa shape index (κ2) is 6.41. The van der Waals surface area contributed by atoms with Gasteiger partial charge in [0.05, 0.1) is 11.5 Å². The van der Waals surface area contributed by atoms with Gasteiger partial charge >= 0.3 is 0 Å². The summed E-state index contributed by atoms with van der Waals surface area (Å²) in [5.41, 5.74) is 0. The Morgan fingerprint density at radius 3 is 2.80 bits per heavy atom. The average Bonchev–Trinajstić information content (AvgIpc) is 2.37. The quantitative estimate of drug-likeness (QED) is 0.748. The van der Waals surface area contributed by atoms with Crippen LogP contribution >= 0.6 is 0 Å². The van der Waals surface area contributed by atoms with Crippen LogP contribution in [0.4, 0.5) is 0 Å². The molecule has 116 valence electrons. The third kappa shape index (κ3) is 4.17. The number of hydrogen-bond donors (Lipinski definition) is 1. The van der Waals surface area contributed by atoms with Crippen molar-refractivity contribution in [3.63, 3.8) is 0 Å². The van der Waals surface area contributed by atoms with E-state index < -0.39 is 9.84 Å². The van der Waals surface area contributed by atoms with Crippen LogP contribution < -0.4 is 5.32 Å². The highest BCUT2D eigenvalue weighted by atomic mass is 32.2. The first kappa shape index (κ1) is 15.7. The maximum Gasteiger partial charge on any atom is 0.224 e. The molecule has 7 heteroatoms. The van der Waals surface area contributed by atoms with Crippen LogP contribution in [0.2, 0.25) is 0 Å². The molecule has 0 radical (unpaired) electrons. The minimum Gasteiger partial charge on any atom is -0.341 e. The topological polar surface area (TPSA) is 69.7 Å². The Balaban J connectivity index is 1.88. The van der Waals surface area contributed by atoms with Crippen LogP contribution in [-0.2, 0) is 14.6 Å². The first-order chi connectivity index (χ1) is 9.37. The Hall–Kier alpha value is -0.660. The van der Waals surface area contributed by atoms with E-state index in [1.807, 2.05) is 19.0 Å². The Morgan fingerprint density at radius 2 is 2.15 bits per heavy atom. The van der Waals surface area contributed by atoms with Crippen LogP contribution in [0.3, 0.4) is 0 Å². The molecule has 6 nitrogen and oxygen atoms in total. The van der Waals surface area contributed by atoms with Crippen LogP contribution in [0.15, 0.2) is 0 Å². The summed E-state index contributed by atoms with van der Waals surface area (Å²) >= 11 is 0. The highest BCUT2D eigenvalue weighted by Crippen LogP contribution is 2.16. The van der Waals surface area contributed by atoms with E-state index in [1.165, 1.54) is 0 Å². The molecule has 2 unspecified atom stereocenters. The van der Waals surface area contributed by atoms with Crippen LogP contribution in [0.25, 0.3) is 0 Å². The van der Waals surface area contributed by atoms with E-state index in [-0.39, 0.29) is 23.5 Å². The third-order valence-corrected chi connectivity index (χ3v) is 5.94. The molecule has 20 heavy (non-hydrogen) atoms. The van der Waals surface area contributed by atoms with Gasteiger partial charge in [-0.15, -0.1) is 0 Å². The Kier molecular flexibility index (Phi) is 5.04. The fraction of sp³-hybridized carbons (Fsp3) is 0.923. The van der Waals surface area contributed by atoms with Gasteiger partial charge < -0.3 is 15.1 Å². The van der Waals surface area contributed by atoms with Crippen LogP contribution in [0, 0.1) is 0 Å². The lowest BCUT2D eigenvalue weighted by Crippen LogP contribution is -2.51. The van der Waals surface area contributed by atoms with Gasteiger partial charge in [-0.25, -0.2) is 8.42 Å². The zero-order valence-electron chi connectivity index (χ0n) is 12.3. The summed E-state index contributed by atoms with van der Waals surface area (Å²) in [6.45, 7) is 2.01. The summed E-state index contributed by atoms with van der Waals surface area (Å²) in [5, 5.41) is 3.14. The zero-order valence-corrected chi connectivity index (χ0v) is 13.2. The van der Waals surface area contributed by atoms with Crippen molar-refractivity contribution in [1.29, 1.82) is 0 Å². The number of amides is 1. The van der Waals surface area contributed by atoms with Crippen LogP contribution in [-0.4, -0.2) is 81.4 Å². The third-order valence-electron chi connectivity index (χ3n) is 4.20. The maximum atomic E-state index is 12.3. The molecule has 2 atom stereocenters. The van der Waals surface area contributed by atoms with E-state index in [1.54, 1.807) is 0 Å². The average molecular weight is 303 g/mol. The number of carbonyl (C=O) groups is 1. The molecule has 0 aromatic carbocycles. The Morgan fingerprint density at radius 1 is 1.40 bits per heavy atom. The summed E-state index contributed by atoms with van der Waals surface area (Å²) in [4.78, 5) is 16.4. The van der Waals surface area contributed by atoms with Gasteiger partial charge in [0.1, 0.15) is 0 Å². The van der Waals surface area contributed by atoms with Crippen molar-refractivity contribution in [2.75, 3.05) is 45.2 Å². The maximum absolute atomic E-state index is 12.3. The number of rotatable bonds is 3. The molecular weight excluding hydrogens is 278 g/mol. The second-order valence-corrected chi connectivity index (χ2v) is 8.30. The minimum absolute atomic E-state index is 0.0751. The molecule has 0 bridgehead atoms. The van der Waals surface area contributed by atoms with Crippen molar-refractivity contribution in [1.82, 2.24) is 15.1 Å².